The number of thiophene rings is 1. The van der Waals surface area contributed by atoms with Gasteiger partial charge in [0.25, 0.3) is 5.91 Å². The largest absolute Gasteiger partial charge is 0.493 e. The number of amides is 2. The van der Waals surface area contributed by atoms with Crippen LogP contribution in [0.15, 0.2) is 47.8 Å². The van der Waals surface area contributed by atoms with Crippen molar-refractivity contribution < 1.29 is 27.8 Å². The lowest BCUT2D eigenvalue weighted by atomic mass is 9.81. The van der Waals surface area contributed by atoms with Crippen LogP contribution in [0.5, 0.6) is 11.5 Å². The van der Waals surface area contributed by atoms with Gasteiger partial charge >= 0.3 is 0 Å². The summed E-state index contributed by atoms with van der Waals surface area (Å²) in [6, 6.07) is 9.10. The molecule has 1 aliphatic heterocycles. The van der Waals surface area contributed by atoms with Crippen LogP contribution in [0.1, 0.15) is 32.8 Å². The van der Waals surface area contributed by atoms with Gasteiger partial charge in [-0.2, -0.15) is 0 Å². The van der Waals surface area contributed by atoms with Crippen LogP contribution >= 0.6 is 11.3 Å². The molecule has 0 aliphatic carbocycles. The summed E-state index contributed by atoms with van der Waals surface area (Å²) in [5.41, 5.74) is 0.574. The van der Waals surface area contributed by atoms with E-state index in [4.69, 9.17) is 9.47 Å². The van der Waals surface area contributed by atoms with Crippen LogP contribution in [0.25, 0.3) is 0 Å². The lowest BCUT2D eigenvalue weighted by Gasteiger charge is -2.39. The molecule has 0 spiro atoms. The highest BCUT2D eigenvalue weighted by molar-refractivity contribution is 7.10. The van der Waals surface area contributed by atoms with Crippen molar-refractivity contribution in [3.05, 3.63) is 75.5 Å². The number of fused-ring (bicyclic) bond motifs is 1. The number of hydrogen-bond donors (Lipinski definition) is 1. The van der Waals surface area contributed by atoms with E-state index < -0.39 is 29.5 Å². The normalized spacial score (nSPS) is 17.7. The lowest BCUT2D eigenvalue weighted by Crippen LogP contribution is -2.43. The molecule has 2 aromatic carbocycles. The minimum Gasteiger partial charge on any atom is -0.493 e. The highest BCUT2D eigenvalue weighted by Gasteiger charge is 2.44. The fourth-order valence-corrected chi connectivity index (χ4v) is 4.85. The van der Waals surface area contributed by atoms with Gasteiger partial charge in [-0.05, 0) is 41.3 Å². The summed E-state index contributed by atoms with van der Waals surface area (Å²) < 4.78 is 38.3. The lowest BCUT2D eigenvalue weighted by molar-refractivity contribution is -0.119. The number of carbonyl (C=O) groups excluding carboxylic acids is 2. The van der Waals surface area contributed by atoms with Gasteiger partial charge in [0, 0.05) is 23.6 Å². The molecular weight excluding hydrogens is 438 g/mol. The average Bonchev–Trinajstić information content (AvgIpc) is 3.31. The summed E-state index contributed by atoms with van der Waals surface area (Å²) in [7, 11) is 4.53. The molecule has 0 unspecified atom stereocenters. The summed E-state index contributed by atoms with van der Waals surface area (Å²) in [6.07, 6.45) is 0. The Balaban J connectivity index is 1.86. The minimum atomic E-state index is -0.890. The van der Waals surface area contributed by atoms with E-state index in [1.807, 2.05) is 17.5 Å². The zero-order valence-corrected chi connectivity index (χ0v) is 18.3. The Bertz CT molecular complexity index is 1180. The van der Waals surface area contributed by atoms with E-state index >= 15 is 0 Å². The molecule has 1 N–H and O–H groups in total. The summed E-state index contributed by atoms with van der Waals surface area (Å²) in [5.74, 6) is -2.62. The second-order valence-electron chi connectivity index (χ2n) is 7.26. The van der Waals surface area contributed by atoms with E-state index in [0.717, 1.165) is 17.0 Å². The quantitative estimate of drug-likeness (QED) is 0.607. The first-order valence-corrected chi connectivity index (χ1v) is 10.6. The molecule has 0 saturated heterocycles. The predicted octanol–water partition coefficient (Wildman–Crippen LogP) is 4.59. The topological polar surface area (TPSA) is 67.9 Å². The number of hydrogen-bond acceptors (Lipinski definition) is 5. The van der Waals surface area contributed by atoms with Crippen molar-refractivity contribution in [2.24, 2.45) is 0 Å². The van der Waals surface area contributed by atoms with Crippen molar-refractivity contribution in [3.8, 4) is 11.5 Å². The Morgan fingerprint density at radius 3 is 2.44 bits per heavy atom. The minimum absolute atomic E-state index is 0.150. The van der Waals surface area contributed by atoms with Gasteiger partial charge in [-0.15, -0.1) is 11.3 Å². The maximum absolute atomic E-state index is 14.2. The molecule has 4 rings (SSSR count). The van der Waals surface area contributed by atoms with Gasteiger partial charge in [0.15, 0.2) is 11.5 Å². The molecule has 166 valence electrons. The van der Waals surface area contributed by atoms with Crippen LogP contribution in [0, 0.1) is 11.6 Å². The second kappa shape index (κ2) is 8.58. The molecule has 6 nitrogen and oxygen atoms in total. The molecular formula is C23H20F2N2O4S. The molecule has 0 saturated carbocycles. The standard InChI is InChI=1S/C23H20F2N2O4S/c1-27-21(19-5-4-8-32-19)20(22(28)26-16-7-6-12(24)9-15(16)25)13-10-17(30-2)18(31-3)11-14(13)23(27)29/h4-11,20-21H,1-3H3,(H,26,28)/t20-,21+/m0/s1. The van der Waals surface area contributed by atoms with Crippen LogP contribution in [0.2, 0.25) is 0 Å². The van der Waals surface area contributed by atoms with Gasteiger partial charge in [-0.1, -0.05) is 6.07 Å². The number of halogens is 2. The van der Waals surface area contributed by atoms with Gasteiger partial charge < -0.3 is 19.7 Å². The van der Waals surface area contributed by atoms with E-state index in [1.165, 1.54) is 36.5 Å². The van der Waals surface area contributed by atoms with Gasteiger partial charge in [0.1, 0.15) is 11.6 Å². The number of rotatable bonds is 5. The van der Waals surface area contributed by atoms with Crippen molar-refractivity contribution in [2.45, 2.75) is 12.0 Å². The first kappa shape index (κ1) is 21.8. The number of ether oxygens (including phenoxy) is 2. The number of nitrogens with one attached hydrogen (secondary N) is 1. The smallest absolute Gasteiger partial charge is 0.254 e. The fourth-order valence-electron chi connectivity index (χ4n) is 3.95. The molecule has 1 aliphatic rings. The average molecular weight is 458 g/mol. The molecule has 3 aromatic rings. The van der Waals surface area contributed by atoms with E-state index in [0.29, 0.717) is 23.1 Å². The molecule has 0 fully saturated rings. The van der Waals surface area contributed by atoms with Crippen LogP contribution in [-0.2, 0) is 4.79 Å². The number of likely N-dealkylation sites (N-methyl/N-ethyl adjacent to an activating group) is 1. The third kappa shape index (κ3) is 3.69. The van der Waals surface area contributed by atoms with Crippen molar-refractivity contribution in [2.75, 3.05) is 26.6 Å². The molecule has 2 atom stereocenters. The first-order valence-electron chi connectivity index (χ1n) is 9.68. The zero-order chi connectivity index (χ0) is 23.0. The monoisotopic (exact) mass is 458 g/mol. The van der Waals surface area contributed by atoms with Crippen molar-refractivity contribution in [1.29, 1.82) is 0 Å². The van der Waals surface area contributed by atoms with Crippen LogP contribution in [-0.4, -0.2) is 38.0 Å². The summed E-state index contributed by atoms with van der Waals surface area (Å²) >= 11 is 1.41. The van der Waals surface area contributed by atoms with E-state index in [2.05, 4.69) is 5.32 Å². The Kier molecular flexibility index (Phi) is 5.84. The summed E-state index contributed by atoms with van der Waals surface area (Å²) in [4.78, 5) is 29.0. The molecule has 9 heteroatoms. The highest BCUT2D eigenvalue weighted by atomic mass is 32.1. The highest BCUT2D eigenvalue weighted by Crippen LogP contribution is 2.46. The SMILES string of the molecule is COc1cc2c(cc1OC)[C@H](C(=O)Nc1ccc(F)cc1F)[C@@H](c1cccs1)N(C)C2=O. The Labute approximate surface area is 187 Å². The number of nitrogens with zero attached hydrogens (tertiary/aromatic N) is 1. The first-order chi connectivity index (χ1) is 15.3. The number of benzene rings is 2. The van der Waals surface area contributed by atoms with Gasteiger partial charge in [0.2, 0.25) is 5.91 Å². The van der Waals surface area contributed by atoms with Crippen molar-refractivity contribution in [1.82, 2.24) is 4.90 Å². The van der Waals surface area contributed by atoms with Gasteiger partial charge in [-0.3, -0.25) is 9.59 Å². The molecule has 0 bridgehead atoms. The van der Waals surface area contributed by atoms with E-state index in [-0.39, 0.29) is 17.2 Å². The molecule has 2 heterocycles. The number of anilines is 1. The van der Waals surface area contributed by atoms with Crippen LogP contribution in [0.4, 0.5) is 14.5 Å². The van der Waals surface area contributed by atoms with Crippen molar-refractivity contribution in [3.63, 3.8) is 0 Å². The number of methoxy groups -OCH3 is 2. The fraction of sp³-hybridized carbons (Fsp3) is 0.217. The third-order valence-corrected chi connectivity index (χ3v) is 6.42. The van der Waals surface area contributed by atoms with Gasteiger partial charge in [-0.25, -0.2) is 8.78 Å². The Morgan fingerprint density at radius 2 is 1.81 bits per heavy atom. The Hall–Kier alpha value is -3.46. The number of carbonyl (C=O) groups is 2. The molecule has 1 aromatic heterocycles. The Morgan fingerprint density at radius 1 is 1.09 bits per heavy atom. The van der Waals surface area contributed by atoms with Crippen LogP contribution < -0.4 is 14.8 Å². The maximum Gasteiger partial charge on any atom is 0.254 e. The summed E-state index contributed by atoms with van der Waals surface area (Å²) in [5, 5.41) is 4.41. The zero-order valence-electron chi connectivity index (χ0n) is 17.5. The molecule has 32 heavy (non-hydrogen) atoms. The maximum atomic E-state index is 14.2. The van der Waals surface area contributed by atoms with Crippen molar-refractivity contribution >= 4 is 28.8 Å². The van der Waals surface area contributed by atoms with E-state index in [9.17, 15) is 18.4 Å². The van der Waals surface area contributed by atoms with Gasteiger partial charge in [0.05, 0.1) is 31.9 Å². The van der Waals surface area contributed by atoms with E-state index in [1.54, 1.807) is 13.1 Å². The summed E-state index contributed by atoms with van der Waals surface area (Å²) in [6.45, 7) is 0. The molecule has 2 amide bonds. The second-order valence-corrected chi connectivity index (χ2v) is 8.24. The molecule has 0 radical (unpaired) electrons. The predicted molar refractivity (Wildman–Crippen MR) is 116 cm³/mol. The third-order valence-electron chi connectivity index (χ3n) is 5.48. The van der Waals surface area contributed by atoms with Crippen LogP contribution in [0.3, 0.4) is 0 Å².